The maximum absolute atomic E-state index is 10.6. The normalized spacial score (nSPS) is 11.5. The summed E-state index contributed by atoms with van der Waals surface area (Å²) in [6.45, 7) is 12.9. The van der Waals surface area contributed by atoms with Gasteiger partial charge in [-0.25, -0.2) is 13.1 Å². The van der Waals surface area contributed by atoms with Gasteiger partial charge in [-0.3, -0.25) is 4.79 Å². The second-order valence-corrected chi connectivity index (χ2v) is 7.76. The average Bonchev–Trinajstić information content (AvgIpc) is 2.67. The predicted molar refractivity (Wildman–Crippen MR) is 118 cm³/mol. The van der Waals surface area contributed by atoms with Crippen molar-refractivity contribution >= 4 is 16.0 Å². The summed E-state index contributed by atoms with van der Waals surface area (Å²) < 4.78 is 28.8. The molecular weight excluding hydrogens is 380 g/mol. The lowest BCUT2D eigenvalue weighted by atomic mass is 10.1. The fourth-order valence-electron chi connectivity index (χ4n) is 1.44. The molecule has 0 fully saturated rings. The minimum atomic E-state index is -2.93. The summed E-state index contributed by atoms with van der Waals surface area (Å²) in [7, 11) is -1.50. The van der Waals surface area contributed by atoms with E-state index >= 15 is 0 Å². The molecule has 0 saturated carbocycles. The summed E-state index contributed by atoms with van der Waals surface area (Å²) in [5.41, 5.74) is 5.93. The van der Waals surface area contributed by atoms with Crippen molar-refractivity contribution in [2.45, 2.75) is 59.8 Å². The number of nitrogens with one attached hydrogen (secondary N) is 1. The van der Waals surface area contributed by atoms with Gasteiger partial charge < -0.3 is 15.6 Å². The monoisotopic (exact) mass is 420 g/mol. The van der Waals surface area contributed by atoms with Gasteiger partial charge in [0.2, 0.25) is 10.0 Å². The first kappa shape index (κ1) is 31.1. The molecule has 166 valence electrons. The number of carboxylic acid groups (broad SMARTS) is 1. The Morgan fingerprint density at radius 3 is 2.11 bits per heavy atom. The molecule has 0 aromatic rings. The van der Waals surface area contributed by atoms with Crippen LogP contribution in [0, 0.1) is 0 Å². The van der Waals surface area contributed by atoms with Gasteiger partial charge in [0.15, 0.2) is 0 Å². The van der Waals surface area contributed by atoms with Crippen LogP contribution in [-0.2, 0) is 19.6 Å². The van der Waals surface area contributed by atoms with E-state index in [-0.39, 0.29) is 12.2 Å². The molecule has 0 rings (SSSR count). The molecule has 0 aromatic carbocycles. The van der Waals surface area contributed by atoms with E-state index in [4.69, 9.17) is 15.6 Å². The maximum atomic E-state index is 10.6. The number of rotatable bonds is 12. The summed E-state index contributed by atoms with van der Waals surface area (Å²) in [6.07, 6.45) is 8.69. The highest BCUT2D eigenvalue weighted by molar-refractivity contribution is 7.89. The molecule has 28 heavy (non-hydrogen) atoms. The Morgan fingerprint density at radius 2 is 1.75 bits per heavy atom. The van der Waals surface area contributed by atoms with Crippen LogP contribution in [-0.4, -0.2) is 45.4 Å². The number of carbonyl (C=O) groups is 1. The molecule has 0 aliphatic heterocycles. The van der Waals surface area contributed by atoms with Crippen molar-refractivity contribution in [2.24, 2.45) is 5.73 Å². The van der Waals surface area contributed by atoms with E-state index in [0.717, 1.165) is 37.1 Å². The first-order valence-corrected chi connectivity index (χ1v) is 11.2. The molecule has 0 atom stereocenters. The first-order chi connectivity index (χ1) is 13.1. The third-order valence-corrected chi connectivity index (χ3v) is 4.61. The number of nitrogens with two attached hydrogens (primary N) is 1. The predicted octanol–water partition coefficient (Wildman–Crippen LogP) is 3.59. The Morgan fingerprint density at radius 1 is 1.18 bits per heavy atom. The summed E-state index contributed by atoms with van der Waals surface area (Å²) in [5.74, 6) is 0.264. The van der Waals surface area contributed by atoms with E-state index in [1.807, 2.05) is 32.9 Å². The minimum Gasteiger partial charge on any atom is -0.499 e. The highest BCUT2D eigenvalue weighted by Crippen LogP contribution is 2.07. The molecule has 0 spiro atoms. The van der Waals surface area contributed by atoms with Crippen molar-refractivity contribution in [1.82, 2.24) is 4.72 Å². The van der Waals surface area contributed by atoms with Gasteiger partial charge in [-0.2, -0.15) is 0 Å². The van der Waals surface area contributed by atoms with E-state index in [2.05, 4.69) is 18.2 Å². The molecule has 4 N–H and O–H groups in total. The Balaban J connectivity index is -0.000000406. The lowest BCUT2D eigenvalue weighted by Gasteiger charge is -2.01. The standard InChI is InChI=1S/C12H18O3.C5H13NO2S.C3H9N/c1-4-11(8-9-12(13)14)7-6-10(3)15-5-2;1-3-4-5-9(7,8)6-2;1-2-3-4/h4,6-7H,1,5,8-9H2,2-3H3,(H,13,14);6H,3-5H2,1-2H3;2-4H2,1H3/b10-6+,11-7+;;. The Labute approximate surface area is 171 Å². The summed E-state index contributed by atoms with van der Waals surface area (Å²) in [5, 5.41) is 8.52. The lowest BCUT2D eigenvalue weighted by molar-refractivity contribution is -0.136. The molecule has 0 amide bonds. The summed E-state index contributed by atoms with van der Waals surface area (Å²) in [4.78, 5) is 10.4. The van der Waals surface area contributed by atoms with Crippen LogP contribution in [0.15, 0.2) is 36.1 Å². The molecule has 8 heteroatoms. The minimum absolute atomic E-state index is 0.124. The van der Waals surface area contributed by atoms with Crippen molar-refractivity contribution < 1.29 is 23.1 Å². The van der Waals surface area contributed by atoms with Crippen molar-refractivity contribution in [2.75, 3.05) is 26.0 Å². The van der Waals surface area contributed by atoms with Crippen LogP contribution in [0.1, 0.15) is 59.8 Å². The van der Waals surface area contributed by atoms with Crippen LogP contribution in [0.3, 0.4) is 0 Å². The Hall–Kier alpha value is -1.64. The highest BCUT2D eigenvalue weighted by Gasteiger charge is 2.03. The SMILES string of the molecule is C=C/C(=C\C=C(/C)OCC)CCC(=O)O.CCCCS(=O)(=O)NC.CCCN. The van der Waals surface area contributed by atoms with Crippen LogP contribution in [0.2, 0.25) is 0 Å². The second-order valence-electron chi connectivity index (χ2n) is 5.71. The second kappa shape index (κ2) is 21.7. The number of allylic oxidation sites excluding steroid dienone is 5. The number of aliphatic carboxylic acids is 1. The van der Waals surface area contributed by atoms with Gasteiger partial charge >= 0.3 is 5.97 Å². The van der Waals surface area contributed by atoms with Gasteiger partial charge in [0, 0.05) is 6.42 Å². The number of carboxylic acids is 1. The van der Waals surface area contributed by atoms with Crippen LogP contribution in [0.4, 0.5) is 0 Å². The topological polar surface area (TPSA) is 119 Å². The van der Waals surface area contributed by atoms with Crippen LogP contribution >= 0.6 is 0 Å². The molecule has 0 radical (unpaired) electrons. The summed E-state index contributed by atoms with van der Waals surface area (Å²) >= 11 is 0. The third kappa shape index (κ3) is 26.6. The lowest BCUT2D eigenvalue weighted by Crippen LogP contribution is -2.21. The summed E-state index contributed by atoms with van der Waals surface area (Å²) in [6, 6.07) is 0. The van der Waals surface area contributed by atoms with Crippen LogP contribution in [0.5, 0.6) is 0 Å². The van der Waals surface area contributed by atoms with Gasteiger partial charge in [-0.1, -0.05) is 39.0 Å². The fourth-order valence-corrected chi connectivity index (χ4v) is 2.31. The largest absolute Gasteiger partial charge is 0.499 e. The van der Waals surface area contributed by atoms with E-state index in [0.29, 0.717) is 13.0 Å². The van der Waals surface area contributed by atoms with E-state index in [9.17, 15) is 13.2 Å². The number of sulfonamides is 1. The molecular formula is C20H40N2O5S. The fraction of sp³-hybridized carbons (Fsp3) is 0.650. The zero-order chi connectivity index (χ0) is 22.4. The van der Waals surface area contributed by atoms with E-state index < -0.39 is 16.0 Å². The number of hydrogen-bond acceptors (Lipinski definition) is 5. The van der Waals surface area contributed by atoms with E-state index in [1.54, 1.807) is 6.08 Å². The van der Waals surface area contributed by atoms with Crippen molar-refractivity contribution in [3.63, 3.8) is 0 Å². The molecule has 0 heterocycles. The van der Waals surface area contributed by atoms with E-state index in [1.165, 1.54) is 7.05 Å². The number of unbranched alkanes of at least 4 members (excludes halogenated alkanes) is 1. The molecule has 0 aromatic heterocycles. The molecule has 0 bridgehead atoms. The zero-order valence-corrected chi connectivity index (χ0v) is 19.0. The third-order valence-electron chi connectivity index (χ3n) is 3.16. The molecule has 0 saturated heterocycles. The van der Waals surface area contributed by atoms with Gasteiger partial charge in [0.1, 0.15) is 0 Å². The van der Waals surface area contributed by atoms with Gasteiger partial charge in [-0.15, -0.1) is 0 Å². The number of ether oxygens (including phenoxy) is 1. The van der Waals surface area contributed by atoms with Gasteiger partial charge in [0.05, 0.1) is 18.1 Å². The van der Waals surface area contributed by atoms with Gasteiger partial charge in [0.25, 0.3) is 0 Å². The average molecular weight is 421 g/mol. The first-order valence-electron chi connectivity index (χ1n) is 9.59. The van der Waals surface area contributed by atoms with Gasteiger partial charge in [-0.05, 0) is 58.4 Å². The van der Waals surface area contributed by atoms with Crippen molar-refractivity contribution in [3.05, 3.63) is 36.1 Å². The quantitative estimate of drug-likeness (QED) is 0.328. The Kier molecular flexibility index (Phi) is 24.0. The zero-order valence-electron chi connectivity index (χ0n) is 18.2. The molecule has 7 nitrogen and oxygen atoms in total. The molecule has 0 unspecified atom stereocenters. The van der Waals surface area contributed by atoms with Crippen LogP contribution in [0.25, 0.3) is 0 Å². The number of hydrogen-bond donors (Lipinski definition) is 3. The smallest absolute Gasteiger partial charge is 0.303 e. The Bertz CT molecular complexity index is 553. The van der Waals surface area contributed by atoms with Crippen LogP contribution < -0.4 is 10.5 Å². The highest BCUT2D eigenvalue weighted by atomic mass is 32.2. The van der Waals surface area contributed by atoms with Crippen molar-refractivity contribution in [3.8, 4) is 0 Å². The maximum Gasteiger partial charge on any atom is 0.303 e. The van der Waals surface area contributed by atoms with Crippen molar-refractivity contribution in [1.29, 1.82) is 0 Å². The molecule has 0 aliphatic rings. The molecule has 0 aliphatic carbocycles.